The van der Waals surface area contributed by atoms with Gasteiger partial charge < -0.3 is 5.32 Å². The van der Waals surface area contributed by atoms with E-state index in [4.69, 9.17) is 11.6 Å². The first-order chi connectivity index (χ1) is 9.11. The summed E-state index contributed by atoms with van der Waals surface area (Å²) < 4.78 is 13.5. The fourth-order valence-corrected chi connectivity index (χ4v) is 2.29. The first-order valence-corrected chi connectivity index (χ1v) is 6.66. The van der Waals surface area contributed by atoms with Crippen molar-refractivity contribution in [3.8, 4) is 0 Å². The summed E-state index contributed by atoms with van der Waals surface area (Å²) in [6.45, 7) is 2.09. The zero-order valence-corrected chi connectivity index (χ0v) is 11.8. The van der Waals surface area contributed by atoms with Crippen molar-refractivity contribution in [1.29, 1.82) is 0 Å². The normalized spacial score (nSPS) is 12.4. The van der Waals surface area contributed by atoms with Crippen molar-refractivity contribution in [1.82, 2.24) is 5.32 Å². The number of benzene rings is 2. The van der Waals surface area contributed by atoms with Crippen LogP contribution in [0.4, 0.5) is 4.39 Å². The summed E-state index contributed by atoms with van der Waals surface area (Å²) in [5.74, 6) is -0.371. The minimum atomic E-state index is -0.371. The molecule has 1 nitrogen and oxygen atoms in total. The lowest BCUT2D eigenvalue weighted by Gasteiger charge is -2.18. The maximum absolute atomic E-state index is 13.5. The van der Waals surface area contributed by atoms with E-state index in [1.807, 2.05) is 25.2 Å². The molecule has 0 aliphatic carbocycles. The molecule has 0 aliphatic rings. The summed E-state index contributed by atoms with van der Waals surface area (Å²) in [5, 5.41) is 3.39. The standard InChI is InChI=1S/C16H17ClFN/c1-11-5-3-4-6-12(11)10-16(19-2)13-7-8-14(17)15(18)9-13/h3-9,16,19H,10H2,1-2H3. The highest BCUT2D eigenvalue weighted by molar-refractivity contribution is 6.30. The number of nitrogens with one attached hydrogen (secondary N) is 1. The third kappa shape index (κ3) is 3.34. The molecule has 2 aromatic rings. The Kier molecular flexibility index (Phi) is 4.56. The van der Waals surface area contributed by atoms with Gasteiger partial charge in [-0.2, -0.15) is 0 Å². The van der Waals surface area contributed by atoms with Crippen LogP contribution >= 0.6 is 11.6 Å². The van der Waals surface area contributed by atoms with Gasteiger partial charge in [-0.3, -0.25) is 0 Å². The molecule has 0 radical (unpaired) electrons. The van der Waals surface area contributed by atoms with Crippen molar-refractivity contribution >= 4 is 11.6 Å². The highest BCUT2D eigenvalue weighted by Gasteiger charge is 2.13. The molecule has 1 atom stereocenters. The van der Waals surface area contributed by atoms with Crippen LogP contribution in [0.3, 0.4) is 0 Å². The van der Waals surface area contributed by atoms with Crippen LogP contribution in [0.15, 0.2) is 42.5 Å². The van der Waals surface area contributed by atoms with E-state index < -0.39 is 0 Å². The number of halogens is 2. The fraction of sp³-hybridized carbons (Fsp3) is 0.250. The summed E-state index contributed by atoms with van der Waals surface area (Å²) in [7, 11) is 1.88. The quantitative estimate of drug-likeness (QED) is 0.879. The third-order valence-electron chi connectivity index (χ3n) is 3.38. The molecule has 2 rings (SSSR count). The highest BCUT2D eigenvalue weighted by atomic mass is 35.5. The van der Waals surface area contributed by atoms with Gasteiger partial charge in [0.05, 0.1) is 5.02 Å². The molecule has 100 valence electrons. The monoisotopic (exact) mass is 277 g/mol. The van der Waals surface area contributed by atoms with Gasteiger partial charge in [-0.25, -0.2) is 4.39 Å². The molecule has 0 heterocycles. The second-order valence-corrected chi connectivity index (χ2v) is 5.05. The molecular formula is C16H17ClFN. The van der Waals surface area contributed by atoms with Crippen LogP contribution in [0.25, 0.3) is 0 Å². The average Bonchev–Trinajstić information content (AvgIpc) is 2.41. The van der Waals surface area contributed by atoms with E-state index in [0.29, 0.717) is 0 Å². The van der Waals surface area contributed by atoms with Gasteiger partial charge in [0.1, 0.15) is 5.82 Å². The third-order valence-corrected chi connectivity index (χ3v) is 3.69. The molecule has 3 heteroatoms. The molecular weight excluding hydrogens is 261 g/mol. The van der Waals surface area contributed by atoms with Crippen molar-refractivity contribution < 1.29 is 4.39 Å². The van der Waals surface area contributed by atoms with Crippen molar-refractivity contribution in [3.05, 3.63) is 70.0 Å². The molecule has 0 saturated heterocycles. The fourth-order valence-electron chi connectivity index (χ4n) is 2.17. The largest absolute Gasteiger partial charge is 0.313 e. The second-order valence-electron chi connectivity index (χ2n) is 4.65. The predicted octanol–water partition coefficient (Wildman–Crippen LogP) is 4.29. The first kappa shape index (κ1) is 14.0. The maximum Gasteiger partial charge on any atom is 0.142 e. The Morgan fingerprint density at radius 3 is 2.58 bits per heavy atom. The van der Waals surface area contributed by atoms with Crippen LogP contribution < -0.4 is 5.32 Å². The summed E-state index contributed by atoms with van der Waals surface area (Å²) in [6, 6.07) is 13.3. The Labute approximate surface area is 118 Å². The van der Waals surface area contributed by atoms with Gasteiger partial charge in [-0.1, -0.05) is 41.9 Å². The second kappa shape index (κ2) is 6.18. The Balaban J connectivity index is 2.25. The Hall–Kier alpha value is -1.38. The van der Waals surface area contributed by atoms with Crippen molar-refractivity contribution in [3.63, 3.8) is 0 Å². The Morgan fingerprint density at radius 1 is 1.21 bits per heavy atom. The van der Waals surface area contributed by atoms with Gasteiger partial charge in [0.15, 0.2) is 0 Å². The van der Waals surface area contributed by atoms with Gasteiger partial charge >= 0.3 is 0 Å². The Morgan fingerprint density at radius 2 is 1.95 bits per heavy atom. The summed E-state index contributed by atoms with van der Waals surface area (Å²) in [6.07, 6.45) is 0.824. The number of hydrogen-bond donors (Lipinski definition) is 1. The number of rotatable bonds is 4. The SMILES string of the molecule is CNC(Cc1ccccc1C)c1ccc(Cl)c(F)c1. The highest BCUT2D eigenvalue weighted by Crippen LogP contribution is 2.23. The first-order valence-electron chi connectivity index (χ1n) is 6.28. The molecule has 1 N–H and O–H groups in total. The van der Waals surface area contributed by atoms with Crippen LogP contribution in [0.1, 0.15) is 22.7 Å². The van der Waals surface area contributed by atoms with Crippen molar-refractivity contribution in [2.45, 2.75) is 19.4 Å². The van der Waals surface area contributed by atoms with Gasteiger partial charge in [0.25, 0.3) is 0 Å². The average molecular weight is 278 g/mol. The minimum Gasteiger partial charge on any atom is -0.313 e. The number of hydrogen-bond acceptors (Lipinski definition) is 1. The number of likely N-dealkylation sites (N-methyl/N-ethyl adjacent to an activating group) is 1. The van der Waals surface area contributed by atoms with Crippen LogP contribution in [0, 0.1) is 12.7 Å². The van der Waals surface area contributed by atoms with Gasteiger partial charge in [0, 0.05) is 6.04 Å². The predicted molar refractivity (Wildman–Crippen MR) is 78.1 cm³/mol. The molecule has 1 unspecified atom stereocenters. The molecule has 0 fully saturated rings. The summed E-state index contributed by atoms with van der Waals surface area (Å²) in [5.41, 5.74) is 3.42. The molecule has 0 amide bonds. The molecule has 0 saturated carbocycles. The molecule has 2 aromatic carbocycles. The lowest BCUT2D eigenvalue weighted by Crippen LogP contribution is -2.19. The van der Waals surface area contributed by atoms with Crippen LogP contribution in [0.5, 0.6) is 0 Å². The van der Waals surface area contributed by atoms with Crippen molar-refractivity contribution in [2.24, 2.45) is 0 Å². The van der Waals surface area contributed by atoms with Gasteiger partial charge in [0.2, 0.25) is 0 Å². The van der Waals surface area contributed by atoms with E-state index >= 15 is 0 Å². The molecule has 0 spiro atoms. The molecule has 0 aliphatic heterocycles. The van der Waals surface area contributed by atoms with E-state index in [0.717, 1.165) is 12.0 Å². The summed E-state index contributed by atoms with van der Waals surface area (Å²) >= 11 is 5.72. The zero-order valence-electron chi connectivity index (χ0n) is 11.1. The molecule has 0 aromatic heterocycles. The van der Waals surface area contributed by atoms with Crippen molar-refractivity contribution in [2.75, 3.05) is 7.05 Å². The van der Waals surface area contributed by atoms with E-state index in [2.05, 4.69) is 24.4 Å². The van der Waals surface area contributed by atoms with E-state index in [-0.39, 0.29) is 16.9 Å². The topological polar surface area (TPSA) is 12.0 Å². The molecule has 19 heavy (non-hydrogen) atoms. The van der Waals surface area contributed by atoms with E-state index in [1.165, 1.54) is 17.2 Å². The van der Waals surface area contributed by atoms with E-state index in [9.17, 15) is 4.39 Å². The van der Waals surface area contributed by atoms with Crippen LogP contribution in [0.2, 0.25) is 5.02 Å². The Bertz CT molecular complexity index is 568. The summed E-state index contributed by atoms with van der Waals surface area (Å²) in [4.78, 5) is 0. The van der Waals surface area contributed by atoms with Crippen LogP contribution in [-0.4, -0.2) is 7.05 Å². The minimum absolute atomic E-state index is 0.0767. The lowest BCUT2D eigenvalue weighted by atomic mass is 9.96. The van der Waals surface area contributed by atoms with Crippen LogP contribution in [-0.2, 0) is 6.42 Å². The van der Waals surface area contributed by atoms with E-state index in [1.54, 1.807) is 6.07 Å². The number of aryl methyl sites for hydroxylation is 1. The van der Waals surface area contributed by atoms with Gasteiger partial charge in [-0.05, 0) is 49.2 Å². The maximum atomic E-state index is 13.5. The molecule has 0 bridgehead atoms. The lowest BCUT2D eigenvalue weighted by molar-refractivity contribution is 0.576. The smallest absolute Gasteiger partial charge is 0.142 e. The zero-order chi connectivity index (χ0) is 13.8. The van der Waals surface area contributed by atoms with Gasteiger partial charge in [-0.15, -0.1) is 0 Å².